The Morgan fingerprint density at radius 2 is 1.80 bits per heavy atom. The number of amides is 3. The summed E-state index contributed by atoms with van der Waals surface area (Å²) in [6.45, 7) is -0.224. The molecule has 1 atom stereocenters. The highest BCUT2D eigenvalue weighted by molar-refractivity contribution is 7.18. The molecule has 13 heteroatoms. The van der Waals surface area contributed by atoms with Crippen LogP contribution in [0.2, 0.25) is 4.34 Å². The molecule has 0 unspecified atom stereocenters. The van der Waals surface area contributed by atoms with Gasteiger partial charge >= 0.3 is 6.18 Å². The van der Waals surface area contributed by atoms with Gasteiger partial charge in [-0.15, -0.1) is 11.3 Å². The number of ether oxygens (including phenoxy) is 1. The molecule has 0 bridgehead atoms. The molecule has 5 rings (SSSR count). The highest BCUT2D eigenvalue weighted by atomic mass is 35.5. The molecule has 1 aromatic heterocycles. The number of benzene rings is 1. The number of hydrogen-bond donors (Lipinski definition) is 3. The number of carbonyl (C=O) groups is 3. The maximum Gasteiger partial charge on any atom is 0.418 e. The van der Waals surface area contributed by atoms with Crippen LogP contribution >= 0.6 is 22.9 Å². The number of thiophene rings is 1. The largest absolute Gasteiger partial charge is 0.418 e. The van der Waals surface area contributed by atoms with Gasteiger partial charge in [0, 0.05) is 24.8 Å². The Kier molecular flexibility index (Phi) is 9.22. The monoisotopic (exact) mass is 612 g/mol. The lowest BCUT2D eigenvalue weighted by Crippen LogP contribution is -2.57. The maximum atomic E-state index is 14.1. The first-order valence-electron chi connectivity index (χ1n) is 13.8. The maximum absolute atomic E-state index is 14.1. The molecule has 3 aliphatic rings. The Morgan fingerprint density at radius 3 is 2.37 bits per heavy atom. The summed E-state index contributed by atoms with van der Waals surface area (Å²) in [5.41, 5.74) is -1.37. The van der Waals surface area contributed by atoms with Crippen LogP contribution in [0.1, 0.15) is 53.8 Å². The summed E-state index contributed by atoms with van der Waals surface area (Å²) in [7, 11) is 0. The number of anilines is 2. The fourth-order valence-electron chi connectivity index (χ4n) is 5.51. The van der Waals surface area contributed by atoms with Gasteiger partial charge < -0.3 is 25.6 Å². The van der Waals surface area contributed by atoms with E-state index in [0.717, 1.165) is 60.8 Å². The molecule has 0 spiro atoms. The van der Waals surface area contributed by atoms with Gasteiger partial charge in [0.2, 0.25) is 5.91 Å². The third-order valence-electron chi connectivity index (χ3n) is 8.14. The second-order valence-corrected chi connectivity index (χ2v) is 12.5. The third-order valence-corrected chi connectivity index (χ3v) is 9.37. The van der Waals surface area contributed by atoms with Crippen LogP contribution in [0.3, 0.4) is 0 Å². The standard InChI is InChI=1S/C28H32ClF3N4O4S/c29-23-10-9-22(41-23)27(39)33-14-20(35-25(16-3-1-4-16)17-5-2-6-17)26(38)34-18-7-8-21(19(13-18)28(30,31)32)36-11-12-40-15-24(36)37/h7-10,13,16-17,20,25,35H,1-6,11-12,14-15H2,(H,33,39)(H,34,38)/t20-/m1/s1. The Labute approximate surface area is 244 Å². The number of rotatable bonds is 10. The molecule has 8 nitrogen and oxygen atoms in total. The molecule has 2 aromatic rings. The summed E-state index contributed by atoms with van der Waals surface area (Å²) in [5.74, 6) is -0.663. The first kappa shape index (κ1) is 29.8. The van der Waals surface area contributed by atoms with Crippen molar-refractivity contribution in [3.63, 3.8) is 0 Å². The van der Waals surface area contributed by atoms with E-state index in [1.54, 1.807) is 12.1 Å². The molecule has 1 saturated heterocycles. The van der Waals surface area contributed by atoms with Gasteiger partial charge in [-0.05, 0) is 67.9 Å². The zero-order valence-corrected chi connectivity index (χ0v) is 23.8. The molecular formula is C28H32ClF3N4O4S. The topological polar surface area (TPSA) is 99.8 Å². The lowest BCUT2D eigenvalue weighted by atomic mass is 9.68. The van der Waals surface area contributed by atoms with E-state index in [1.807, 2.05) is 0 Å². The van der Waals surface area contributed by atoms with Crippen molar-refractivity contribution in [3.05, 3.63) is 45.1 Å². The number of nitrogens with zero attached hydrogens (tertiary/aromatic N) is 1. The van der Waals surface area contributed by atoms with E-state index < -0.39 is 29.6 Å². The molecule has 0 radical (unpaired) electrons. The SMILES string of the molecule is O=C(NC[C@@H](NC(C1CCC1)C1CCC1)C(=O)Nc1ccc(N2CCOCC2=O)c(C(F)(F)F)c1)c1ccc(Cl)s1. The zero-order chi connectivity index (χ0) is 29.1. The smallest absolute Gasteiger partial charge is 0.370 e. The molecule has 2 heterocycles. The summed E-state index contributed by atoms with van der Waals surface area (Å²) in [4.78, 5) is 40.0. The quantitative estimate of drug-likeness (QED) is 0.348. The average Bonchev–Trinajstić information content (AvgIpc) is 3.30. The Balaban J connectivity index is 1.35. The van der Waals surface area contributed by atoms with E-state index in [2.05, 4.69) is 16.0 Å². The van der Waals surface area contributed by atoms with E-state index >= 15 is 0 Å². The van der Waals surface area contributed by atoms with Crippen molar-refractivity contribution >= 4 is 52.0 Å². The summed E-state index contributed by atoms with van der Waals surface area (Å²) in [5, 5.41) is 8.87. The molecule has 1 aromatic carbocycles. The number of morpholine rings is 1. The Morgan fingerprint density at radius 1 is 1.10 bits per heavy atom. The first-order chi connectivity index (χ1) is 19.6. The number of hydrogen-bond acceptors (Lipinski definition) is 6. The van der Waals surface area contributed by atoms with Gasteiger partial charge in [0.05, 0.1) is 27.1 Å². The van der Waals surface area contributed by atoms with Crippen molar-refractivity contribution < 1.29 is 32.3 Å². The molecule has 3 N–H and O–H groups in total. The van der Waals surface area contributed by atoms with Crippen LogP contribution in [-0.4, -0.2) is 56.1 Å². The lowest BCUT2D eigenvalue weighted by molar-refractivity contribution is -0.137. The predicted molar refractivity (Wildman–Crippen MR) is 150 cm³/mol. The molecular weight excluding hydrogens is 581 g/mol. The predicted octanol–water partition coefficient (Wildman–Crippen LogP) is 5.08. The minimum absolute atomic E-state index is 0.00150. The average molecular weight is 613 g/mol. The normalized spacial score (nSPS) is 19.0. The van der Waals surface area contributed by atoms with Crippen LogP contribution in [0.15, 0.2) is 30.3 Å². The summed E-state index contributed by atoms with van der Waals surface area (Å²) in [6, 6.07) is 5.79. The van der Waals surface area contributed by atoms with Crippen molar-refractivity contribution in [1.82, 2.24) is 10.6 Å². The second-order valence-electron chi connectivity index (χ2n) is 10.8. The Bertz CT molecular complexity index is 1270. The van der Waals surface area contributed by atoms with Gasteiger partial charge in [0.15, 0.2) is 0 Å². The molecule has 1 aliphatic heterocycles. The summed E-state index contributed by atoms with van der Waals surface area (Å²) in [6.07, 6.45) is 1.71. The van der Waals surface area contributed by atoms with Crippen LogP contribution in [-0.2, 0) is 20.5 Å². The van der Waals surface area contributed by atoms with Gasteiger partial charge in [0.1, 0.15) is 12.6 Å². The minimum atomic E-state index is -4.76. The van der Waals surface area contributed by atoms with Gasteiger partial charge in [-0.25, -0.2) is 0 Å². The molecule has 2 aliphatic carbocycles. The zero-order valence-electron chi connectivity index (χ0n) is 22.3. The van der Waals surface area contributed by atoms with Crippen molar-refractivity contribution in [2.24, 2.45) is 11.8 Å². The van der Waals surface area contributed by atoms with Crippen molar-refractivity contribution in [3.8, 4) is 0 Å². The number of carbonyl (C=O) groups excluding carboxylic acids is 3. The van der Waals surface area contributed by atoms with Gasteiger partial charge in [-0.1, -0.05) is 24.4 Å². The summed E-state index contributed by atoms with van der Waals surface area (Å²) < 4.78 is 47.7. The summed E-state index contributed by atoms with van der Waals surface area (Å²) >= 11 is 7.07. The van der Waals surface area contributed by atoms with Crippen molar-refractivity contribution in [2.75, 3.05) is 36.5 Å². The van der Waals surface area contributed by atoms with E-state index in [-0.39, 0.29) is 49.6 Å². The van der Waals surface area contributed by atoms with E-state index in [0.29, 0.717) is 21.0 Å². The number of nitrogens with one attached hydrogen (secondary N) is 3. The molecule has 3 amide bonds. The first-order valence-corrected chi connectivity index (χ1v) is 15.0. The molecule has 41 heavy (non-hydrogen) atoms. The van der Waals surface area contributed by atoms with Crippen LogP contribution < -0.4 is 20.9 Å². The van der Waals surface area contributed by atoms with E-state index in [1.165, 1.54) is 12.1 Å². The van der Waals surface area contributed by atoms with Crippen molar-refractivity contribution in [2.45, 2.75) is 56.8 Å². The highest BCUT2D eigenvalue weighted by Crippen LogP contribution is 2.41. The fourth-order valence-corrected chi connectivity index (χ4v) is 6.47. The van der Waals surface area contributed by atoms with Crippen LogP contribution in [0.4, 0.5) is 24.5 Å². The number of halogens is 4. The van der Waals surface area contributed by atoms with Crippen LogP contribution in [0.25, 0.3) is 0 Å². The lowest BCUT2D eigenvalue weighted by Gasteiger charge is -2.44. The van der Waals surface area contributed by atoms with E-state index in [9.17, 15) is 27.6 Å². The van der Waals surface area contributed by atoms with Gasteiger partial charge in [0.25, 0.3) is 11.8 Å². The molecule has 2 saturated carbocycles. The highest BCUT2D eigenvalue weighted by Gasteiger charge is 2.39. The van der Waals surface area contributed by atoms with Gasteiger partial charge in [-0.2, -0.15) is 13.2 Å². The van der Waals surface area contributed by atoms with E-state index in [4.69, 9.17) is 16.3 Å². The Hall–Kier alpha value is -2.67. The number of alkyl halides is 3. The molecule has 3 fully saturated rings. The second kappa shape index (κ2) is 12.7. The molecule has 222 valence electrons. The van der Waals surface area contributed by atoms with Crippen molar-refractivity contribution in [1.29, 1.82) is 0 Å². The van der Waals surface area contributed by atoms with Gasteiger partial charge in [-0.3, -0.25) is 14.4 Å². The minimum Gasteiger partial charge on any atom is -0.370 e. The fraction of sp³-hybridized carbons (Fsp3) is 0.536. The van der Waals surface area contributed by atoms with Crippen LogP contribution in [0.5, 0.6) is 0 Å². The third kappa shape index (κ3) is 7.04. The van der Waals surface area contributed by atoms with Crippen LogP contribution in [0, 0.1) is 11.8 Å².